The molecule has 0 saturated carbocycles. The second-order valence-corrected chi connectivity index (χ2v) is 7.61. The summed E-state index contributed by atoms with van der Waals surface area (Å²) in [5.41, 5.74) is 2.78. The molecule has 26 heavy (non-hydrogen) atoms. The summed E-state index contributed by atoms with van der Waals surface area (Å²) in [7, 11) is 0. The lowest BCUT2D eigenvalue weighted by molar-refractivity contribution is 0.0741. The van der Waals surface area contributed by atoms with Crippen LogP contribution in [-0.4, -0.2) is 22.3 Å². The van der Waals surface area contributed by atoms with Gasteiger partial charge in [-0.2, -0.15) is 0 Å². The zero-order valence-corrected chi connectivity index (χ0v) is 15.5. The summed E-state index contributed by atoms with van der Waals surface area (Å²) in [6.07, 6.45) is 3.50. The Labute approximate surface area is 160 Å². The lowest BCUT2D eigenvalue weighted by atomic mass is 9.94. The number of aromatic nitrogens is 1. The first-order valence-electron chi connectivity index (χ1n) is 8.47. The number of likely N-dealkylation sites (tertiary alicyclic amines) is 1. The van der Waals surface area contributed by atoms with Gasteiger partial charge in [-0.1, -0.05) is 35.9 Å². The first kappa shape index (κ1) is 17.1. The minimum Gasteiger partial charge on any atom is -0.331 e. The fourth-order valence-electron chi connectivity index (χ4n) is 3.57. The van der Waals surface area contributed by atoms with Crippen molar-refractivity contribution in [3.8, 4) is 11.1 Å². The molecule has 0 spiro atoms. The van der Waals surface area contributed by atoms with E-state index in [1.54, 1.807) is 18.3 Å². The quantitative estimate of drug-likeness (QED) is 0.709. The zero-order chi connectivity index (χ0) is 18.1. The highest BCUT2D eigenvalue weighted by Gasteiger charge is 2.33. The Kier molecular flexibility index (Phi) is 4.66. The number of pyridine rings is 1. The average Bonchev–Trinajstić information content (AvgIpc) is 3.30. The number of amides is 1. The number of carbonyl (C=O) groups is 1. The monoisotopic (exact) mass is 384 g/mol. The molecule has 1 aliphatic rings. The third kappa shape index (κ3) is 3.08. The minimum atomic E-state index is -0.137. The van der Waals surface area contributed by atoms with Crippen LogP contribution < -0.4 is 5.56 Å². The maximum Gasteiger partial charge on any atom is 0.265 e. The van der Waals surface area contributed by atoms with E-state index in [0.717, 1.165) is 29.5 Å². The lowest BCUT2D eigenvalue weighted by Crippen LogP contribution is -2.30. The van der Waals surface area contributed by atoms with Gasteiger partial charge in [0.2, 0.25) is 5.56 Å². The van der Waals surface area contributed by atoms with Crippen molar-refractivity contribution >= 4 is 28.8 Å². The van der Waals surface area contributed by atoms with E-state index < -0.39 is 0 Å². The van der Waals surface area contributed by atoms with Crippen molar-refractivity contribution in [1.29, 1.82) is 0 Å². The molecule has 1 saturated heterocycles. The summed E-state index contributed by atoms with van der Waals surface area (Å²) in [6, 6.07) is 13.2. The number of rotatable bonds is 3. The first-order chi connectivity index (χ1) is 12.6. The van der Waals surface area contributed by atoms with Crippen LogP contribution in [-0.2, 0) is 0 Å². The van der Waals surface area contributed by atoms with Crippen LogP contribution in [0.4, 0.5) is 0 Å². The van der Waals surface area contributed by atoms with Gasteiger partial charge in [0.25, 0.3) is 5.91 Å². The predicted octanol–water partition coefficient (Wildman–Crippen LogP) is 4.73. The van der Waals surface area contributed by atoms with Crippen LogP contribution in [0.15, 0.2) is 58.8 Å². The Morgan fingerprint density at radius 2 is 2.08 bits per heavy atom. The molecule has 0 radical (unpaired) electrons. The second kappa shape index (κ2) is 7.09. The van der Waals surface area contributed by atoms with Crippen molar-refractivity contribution in [2.24, 2.45) is 0 Å². The molecule has 6 heteroatoms. The molecule has 1 fully saturated rings. The molecule has 2 aromatic heterocycles. The van der Waals surface area contributed by atoms with Crippen LogP contribution in [0.25, 0.3) is 11.1 Å². The topological polar surface area (TPSA) is 53.2 Å². The number of nitrogens with zero attached hydrogens (tertiary/aromatic N) is 1. The van der Waals surface area contributed by atoms with E-state index in [4.69, 9.17) is 11.6 Å². The van der Waals surface area contributed by atoms with Gasteiger partial charge >= 0.3 is 0 Å². The summed E-state index contributed by atoms with van der Waals surface area (Å²) < 4.78 is 0. The molecule has 0 bridgehead atoms. The molecule has 0 aliphatic carbocycles. The number of thiophene rings is 1. The molecule has 1 aromatic carbocycles. The van der Waals surface area contributed by atoms with Crippen molar-refractivity contribution in [2.45, 2.75) is 18.9 Å². The van der Waals surface area contributed by atoms with E-state index >= 15 is 0 Å². The van der Waals surface area contributed by atoms with Gasteiger partial charge < -0.3 is 9.88 Å². The largest absolute Gasteiger partial charge is 0.331 e. The fourth-order valence-corrected chi connectivity index (χ4v) is 4.66. The number of H-pyrrole nitrogens is 1. The van der Waals surface area contributed by atoms with Crippen LogP contribution in [0.1, 0.15) is 34.1 Å². The molecule has 3 aromatic rings. The summed E-state index contributed by atoms with van der Waals surface area (Å²) in [5, 5.41) is 2.35. The Morgan fingerprint density at radius 1 is 1.23 bits per heavy atom. The van der Waals surface area contributed by atoms with Gasteiger partial charge in [0.05, 0.1) is 11.1 Å². The van der Waals surface area contributed by atoms with Gasteiger partial charge in [-0.3, -0.25) is 9.59 Å². The van der Waals surface area contributed by atoms with Crippen LogP contribution in [0.3, 0.4) is 0 Å². The highest BCUT2D eigenvalue weighted by molar-refractivity contribution is 7.12. The van der Waals surface area contributed by atoms with Crippen LogP contribution in [0.2, 0.25) is 5.02 Å². The highest BCUT2D eigenvalue weighted by Crippen LogP contribution is 2.39. The van der Waals surface area contributed by atoms with Crippen molar-refractivity contribution in [3.05, 3.63) is 79.9 Å². The fraction of sp³-hybridized carbons (Fsp3) is 0.200. The third-order valence-electron chi connectivity index (χ3n) is 4.73. The Morgan fingerprint density at radius 3 is 2.85 bits per heavy atom. The second-order valence-electron chi connectivity index (χ2n) is 6.28. The van der Waals surface area contributed by atoms with Gasteiger partial charge in [-0.15, -0.1) is 11.3 Å². The Hall–Kier alpha value is -2.37. The van der Waals surface area contributed by atoms with Crippen LogP contribution >= 0.6 is 22.9 Å². The first-order valence-corrected chi connectivity index (χ1v) is 9.73. The Balaban J connectivity index is 1.74. The van der Waals surface area contributed by atoms with E-state index in [1.165, 1.54) is 11.3 Å². The van der Waals surface area contributed by atoms with E-state index in [0.29, 0.717) is 16.4 Å². The van der Waals surface area contributed by atoms with E-state index in [9.17, 15) is 9.59 Å². The molecular weight excluding hydrogens is 368 g/mol. The van der Waals surface area contributed by atoms with Crippen molar-refractivity contribution in [1.82, 2.24) is 9.88 Å². The van der Waals surface area contributed by atoms with Gasteiger partial charge in [0.1, 0.15) is 4.88 Å². The molecular formula is C20H17ClN2O2S. The number of halogens is 1. The number of nitrogens with one attached hydrogen (secondary N) is 1. The molecule has 4 nitrogen and oxygen atoms in total. The van der Waals surface area contributed by atoms with Crippen LogP contribution in [0.5, 0.6) is 0 Å². The number of carbonyl (C=O) groups excluding carboxylic acids is 1. The molecule has 1 aliphatic heterocycles. The number of hydrogen-bond acceptors (Lipinski definition) is 3. The third-order valence-corrected chi connectivity index (χ3v) is 6.06. The van der Waals surface area contributed by atoms with E-state index in [1.807, 2.05) is 40.6 Å². The molecule has 1 N–H and O–H groups in total. The highest BCUT2D eigenvalue weighted by atomic mass is 35.5. The molecule has 1 amide bonds. The predicted molar refractivity (Wildman–Crippen MR) is 105 cm³/mol. The van der Waals surface area contributed by atoms with Crippen molar-refractivity contribution in [3.63, 3.8) is 0 Å². The molecule has 132 valence electrons. The lowest BCUT2D eigenvalue weighted by Gasteiger charge is -2.26. The van der Waals surface area contributed by atoms with E-state index in [2.05, 4.69) is 4.98 Å². The molecule has 4 rings (SSSR count). The van der Waals surface area contributed by atoms with E-state index in [-0.39, 0.29) is 17.5 Å². The standard InChI is InChI=1S/C20H17ClN2O2S/c21-16-8-11-26-19(16)20(25)23-10-3-6-17(23)15-5-2-1-4-14(15)13-7-9-22-18(24)12-13/h1-2,4-5,7-9,11-12,17H,3,6,10H2,(H,22,24)/t17-/m0/s1. The molecule has 0 unspecified atom stereocenters. The summed E-state index contributed by atoms with van der Waals surface area (Å²) in [5.74, 6) is -0.0202. The van der Waals surface area contributed by atoms with Crippen molar-refractivity contribution < 1.29 is 4.79 Å². The molecule has 3 heterocycles. The summed E-state index contributed by atoms with van der Waals surface area (Å²) in [4.78, 5) is 29.9. The van der Waals surface area contributed by atoms with Gasteiger partial charge in [-0.25, -0.2) is 0 Å². The number of benzene rings is 1. The average molecular weight is 385 g/mol. The molecule has 1 atom stereocenters. The number of hydrogen-bond donors (Lipinski definition) is 1. The van der Waals surface area contributed by atoms with Gasteiger partial charge in [-0.05, 0) is 47.0 Å². The van der Waals surface area contributed by atoms with Crippen LogP contribution in [0, 0.1) is 0 Å². The normalized spacial score (nSPS) is 16.8. The zero-order valence-electron chi connectivity index (χ0n) is 13.9. The maximum absolute atomic E-state index is 13.0. The SMILES string of the molecule is O=C(c1sccc1Cl)N1CCC[C@H]1c1ccccc1-c1cc[nH]c(=O)c1. The maximum atomic E-state index is 13.0. The van der Waals surface area contributed by atoms with Gasteiger partial charge in [0.15, 0.2) is 0 Å². The summed E-state index contributed by atoms with van der Waals surface area (Å²) >= 11 is 7.55. The van der Waals surface area contributed by atoms with Crippen molar-refractivity contribution in [2.75, 3.05) is 6.54 Å². The number of aromatic amines is 1. The van der Waals surface area contributed by atoms with Gasteiger partial charge in [0, 0.05) is 18.8 Å². The minimum absolute atomic E-state index is 0.0174. The Bertz CT molecular complexity index is 1010. The smallest absolute Gasteiger partial charge is 0.265 e. The summed E-state index contributed by atoms with van der Waals surface area (Å²) in [6.45, 7) is 0.710.